The van der Waals surface area contributed by atoms with Crippen LogP contribution in [0, 0.1) is 20.8 Å². The van der Waals surface area contributed by atoms with Crippen molar-refractivity contribution >= 4 is 11.7 Å². The Labute approximate surface area is 153 Å². The second-order valence-electron chi connectivity index (χ2n) is 6.93. The first-order valence-corrected chi connectivity index (χ1v) is 8.98. The lowest BCUT2D eigenvalue weighted by Gasteiger charge is -2.22. The number of nitrogens with zero attached hydrogens (tertiary/aromatic N) is 4. The molecule has 26 heavy (non-hydrogen) atoms. The summed E-state index contributed by atoms with van der Waals surface area (Å²) in [5, 5.41) is 6.23. The van der Waals surface area contributed by atoms with E-state index in [1.54, 1.807) is 7.05 Å². The Morgan fingerprint density at radius 1 is 1.35 bits per heavy atom. The number of imidazole rings is 1. The molecule has 1 fully saturated rings. The lowest BCUT2D eigenvalue weighted by atomic mass is 10.2. The molecule has 3 rings (SSSR count). The number of amides is 1. The van der Waals surface area contributed by atoms with Crippen LogP contribution in [-0.4, -0.2) is 52.0 Å². The van der Waals surface area contributed by atoms with Crippen LogP contribution in [0.3, 0.4) is 0 Å². The summed E-state index contributed by atoms with van der Waals surface area (Å²) in [6.07, 6.45) is 2.86. The normalized spacial score (nSPS) is 18.2. The second-order valence-corrected chi connectivity index (χ2v) is 6.93. The molecule has 3 N–H and O–H groups in total. The molecule has 1 aliphatic rings. The number of hydrogen-bond donors (Lipinski definition) is 3. The number of nitrogens with one attached hydrogen (secondary N) is 3. The molecular weight excluding hydrogens is 330 g/mol. The number of carbonyl (C=O) groups is 1. The van der Waals surface area contributed by atoms with Gasteiger partial charge in [-0.25, -0.2) is 15.0 Å². The number of aryl methyl sites for hydroxylation is 2. The fourth-order valence-electron chi connectivity index (χ4n) is 3.31. The van der Waals surface area contributed by atoms with Crippen LogP contribution in [0.25, 0.3) is 0 Å². The van der Waals surface area contributed by atoms with Gasteiger partial charge in [-0.05, 0) is 34.1 Å². The molecule has 0 bridgehead atoms. The zero-order chi connectivity index (χ0) is 18.8. The van der Waals surface area contributed by atoms with E-state index in [1.165, 1.54) is 0 Å². The van der Waals surface area contributed by atoms with Gasteiger partial charge in [0.1, 0.15) is 11.6 Å². The van der Waals surface area contributed by atoms with Crippen molar-refractivity contribution in [1.29, 1.82) is 0 Å². The molecule has 8 nitrogen and oxygen atoms in total. The summed E-state index contributed by atoms with van der Waals surface area (Å²) < 4.78 is 0. The molecule has 1 saturated heterocycles. The molecule has 2 aromatic rings. The van der Waals surface area contributed by atoms with Crippen LogP contribution in [0.5, 0.6) is 0 Å². The number of rotatable bonds is 5. The van der Waals surface area contributed by atoms with E-state index in [2.05, 4.69) is 42.4 Å². The molecule has 0 radical (unpaired) electrons. The van der Waals surface area contributed by atoms with E-state index >= 15 is 0 Å². The predicted octanol–water partition coefficient (Wildman–Crippen LogP) is 1.41. The van der Waals surface area contributed by atoms with Gasteiger partial charge in [-0.2, -0.15) is 0 Å². The van der Waals surface area contributed by atoms with Crippen LogP contribution >= 0.6 is 0 Å². The Hall–Kier alpha value is -2.48. The van der Waals surface area contributed by atoms with Crippen molar-refractivity contribution in [3.8, 4) is 0 Å². The molecule has 1 unspecified atom stereocenters. The van der Waals surface area contributed by atoms with Crippen molar-refractivity contribution < 1.29 is 4.79 Å². The first kappa shape index (κ1) is 18.3. The topological polar surface area (TPSA) is 98.8 Å². The minimum absolute atomic E-state index is 0.156. The first-order valence-electron chi connectivity index (χ1n) is 8.98. The van der Waals surface area contributed by atoms with Crippen LogP contribution in [-0.2, 0) is 0 Å². The van der Waals surface area contributed by atoms with E-state index in [-0.39, 0.29) is 17.8 Å². The van der Waals surface area contributed by atoms with Crippen molar-refractivity contribution in [2.45, 2.75) is 46.2 Å². The zero-order valence-corrected chi connectivity index (χ0v) is 16.1. The van der Waals surface area contributed by atoms with Crippen LogP contribution in [0.2, 0.25) is 0 Å². The lowest BCUT2D eigenvalue weighted by Crippen LogP contribution is -2.35. The SMILES string of the molecule is CNC(=O)c1nc(C)c(C)c(N2CC[C@@H](NC(C)c3ncc(C)[nH]3)C2)n1. The maximum absolute atomic E-state index is 11.9. The predicted molar refractivity (Wildman–Crippen MR) is 100 cm³/mol. The Bertz CT molecular complexity index is 801. The molecule has 2 atom stereocenters. The first-order chi connectivity index (χ1) is 12.4. The van der Waals surface area contributed by atoms with Crippen LogP contribution in [0.15, 0.2) is 6.20 Å². The van der Waals surface area contributed by atoms with Gasteiger partial charge in [-0.1, -0.05) is 0 Å². The molecule has 0 saturated carbocycles. The van der Waals surface area contributed by atoms with E-state index in [1.807, 2.05) is 27.0 Å². The van der Waals surface area contributed by atoms with Gasteiger partial charge in [0.05, 0.1) is 6.04 Å². The third kappa shape index (κ3) is 3.70. The summed E-state index contributed by atoms with van der Waals surface area (Å²) >= 11 is 0. The van der Waals surface area contributed by atoms with E-state index in [0.717, 1.165) is 48.1 Å². The zero-order valence-electron chi connectivity index (χ0n) is 16.1. The second kappa shape index (κ2) is 7.41. The highest BCUT2D eigenvalue weighted by atomic mass is 16.2. The van der Waals surface area contributed by atoms with Crippen LogP contribution in [0.1, 0.15) is 52.8 Å². The molecule has 0 aromatic carbocycles. The Balaban J connectivity index is 1.72. The van der Waals surface area contributed by atoms with Gasteiger partial charge in [-0.15, -0.1) is 0 Å². The molecule has 8 heteroatoms. The minimum Gasteiger partial charge on any atom is -0.355 e. The number of aromatic amines is 1. The number of anilines is 1. The Morgan fingerprint density at radius 3 is 2.77 bits per heavy atom. The third-order valence-corrected chi connectivity index (χ3v) is 4.90. The fourth-order valence-corrected chi connectivity index (χ4v) is 3.31. The number of aromatic nitrogens is 4. The van der Waals surface area contributed by atoms with Gasteiger partial charge in [0.2, 0.25) is 5.82 Å². The smallest absolute Gasteiger partial charge is 0.288 e. The van der Waals surface area contributed by atoms with Gasteiger partial charge >= 0.3 is 0 Å². The average Bonchev–Trinajstić information content (AvgIpc) is 3.25. The van der Waals surface area contributed by atoms with Gasteiger partial charge in [0.15, 0.2) is 0 Å². The summed E-state index contributed by atoms with van der Waals surface area (Å²) in [4.78, 5) is 30.7. The monoisotopic (exact) mass is 357 g/mol. The maximum atomic E-state index is 11.9. The summed E-state index contributed by atoms with van der Waals surface area (Å²) in [6.45, 7) is 9.78. The van der Waals surface area contributed by atoms with E-state index in [9.17, 15) is 4.79 Å². The third-order valence-electron chi connectivity index (χ3n) is 4.90. The molecule has 0 spiro atoms. The largest absolute Gasteiger partial charge is 0.355 e. The number of hydrogen-bond acceptors (Lipinski definition) is 6. The fraction of sp³-hybridized carbons (Fsp3) is 0.556. The summed E-state index contributed by atoms with van der Waals surface area (Å²) in [5.41, 5.74) is 2.92. The van der Waals surface area contributed by atoms with Crippen LogP contribution < -0.4 is 15.5 Å². The van der Waals surface area contributed by atoms with Gasteiger partial charge in [0, 0.05) is 49.3 Å². The molecule has 2 aromatic heterocycles. The van der Waals surface area contributed by atoms with Crippen molar-refractivity contribution in [1.82, 2.24) is 30.6 Å². The summed E-state index contributed by atoms with van der Waals surface area (Å²) in [7, 11) is 1.59. The van der Waals surface area contributed by atoms with Gasteiger partial charge < -0.3 is 20.5 Å². The molecular formula is C18H27N7O. The molecule has 140 valence electrons. The van der Waals surface area contributed by atoms with Crippen molar-refractivity contribution in [3.05, 3.63) is 34.8 Å². The highest BCUT2D eigenvalue weighted by molar-refractivity contribution is 5.90. The highest BCUT2D eigenvalue weighted by Gasteiger charge is 2.27. The summed E-state index contributed by atoms with van der Waals surface area (Å²) in [5.74, 6) is 1.77. The maximum Gasteiger partial charge on any atom is 0.288 e. The quantitative estimate of drug-likeness (QED) is 0.748. The summed E-state index contributed by atoms with van der Waals surface area (Å²) in [6, 6.07) is 0.497. The van der Waals surface area contributed by atoms with Gasteiger partial charge in [0.25, 0.3) is 5.91 Å². The lowest BCUT2D eigenvalue weighted by molar-refractivity contribution is 0.0952. The van der Waals surface area contributed by atoms with Crippen molar-refractivity contribution in [2.24, 2.45) is 0 Å². The van der Waals surface area contributed by atoms with E-state index < -0.39 is 0 Å². The van der Waals surface area contributed by atoms with Gasteiger partial charge in [-0.3, -0.25) is 4.79 Å². The average molecular weight is 357 g/mol. The molecule has 1 aliphatic heterocycles. The van der Waals surface area contributed by atoms with E-state index in [0.29, 0.717) is 6.04 Å². The number of H-pyrrole nitrogens is 1. The molecule has 3 heterocycles. The van der Waals surface area contributed by atoms with E-state index in [4.69, 9.17) is 0 Å². The number of carbonyl (C=O) groups excluding carboxylic acids is 1. The Morgan fingerprint density at radius 2 is 2.12 bits per heavy atom. The van der Waals surface area contributed by atoms with Crippen LogP contribution in [0.4, 0.5) is 5.82 Å². The van der Waals surface area contributed by atoms with Crippen molar-refractivity contribution in [3.63, 3.8) is 0 Å². The Kier molecular flexibility index (Phi) is 5.22. The highest BCUT2D eigenvalue weighted by Crippen LogP contribution is 2.25. The molecule has 1 amide bonds. The molecule has 0 aliphatic carbocycles. The van der Waals surface area contributed by atoms with Crippen molar-refractivity contribution in [2.75, 3.05) is 25.0 Å². The minimum atomic E-state index is -0.259. The standard InChI is InChI=1S/C18H27N7O/c1-10-8-20-15(21-10)13(4)22-14-6-7-25(9-14)17-11(2)12(3)23-16(24-17)18(26)19-5/h8,13-14,22H,6-7,9H2,1-5H3,(H,19,26)(H,20,21)/t13?,14-/m1/s1.